The van der Waals surface area contributed by atoms with E-state index in [2.05, 4.69) is 20.4 Å². The van der Waals surface area contributed by atoms with Crippen LogP contribution in [0.25, 0.3) is 5.95 Å². The highest BCUT2D eigenvalue weighted by Crippen LogP contribution is 2.34. The Morgan fingerprint density at radius 1 is 1.28 bits per heavy atom. The molecule has 1 aliphatic rings. The molecular weight excluding hydrogens is 328 g/mol. The molecule has 25 heavy (non-hydrogen) atoms. The highest BCUT2D eigenvalue weighted by atomic mass is 19.3. The first-order valence-corrected chi connectivity index (χ1v) is 8.53. The number of aryl methyl sites for hydroxylation is 1. The molecule has 1 N–H and O–H groups in total. The highest BCUT2D eigenvalue weighted by Gasteiger charge is 2.34. The molecule has 1 aliphatic carbocycles. The molecule has 0 unspecified atom stereocenters. The van der Waals surface area contributed by atoms with E-state index in [1.54, 1.807) is 16.9 Å². The molecule has 0 amide bonds. The Morgan fingerprint density at radius 2 is 2.00 bits per heavy atom. The van der Waals surface area contributed by atoms with Crippen LogP contribution in [0.2, 0.25) is 0 Å². The molecule has 8 heteroatoms. The van der Waals surface area contributed by atoms with Crippen LogP contribution in [0.15, 0.2) is 18.3 Å². The number of hydrogen-bond acceptors (Lipinski definition) is 5. The van der Waals surface area contributed by atoms with Crippen molar-refractivity contribution in [1.29, 1.82) is 0 Å². The summed E-state index contributed by atoms with van der Waals surface area (Å²) in [5.74, 6) is -0.988. The highest BCUT2D eigenvalue weighted by molar-refractivity contribution is 5.39. The summed E-state index contributed by atoms with van der Waals surface area (Å²) in [5.41, 5.74) is 0.774. The molecule has 6 nitrogen and oxygen atoms in total. The van der Waals surface area contributed by atoms with Gasteiger partial charge in [-0.15, -0.1) is 5.10 Å². The second-order valence-corrected chi connectivity index (χ2v) is 6.73. The van der Waals surface area contributed by atoms with Crippen LogP contribution in [0.4, 0.5) is 14.6 Å². The van der Waals surface area contributed by atoms with Crippen LogP contribution >= 0.6 is 0 Å². The maximum atomic E-state index is 13.3. The number of hydrogen-bond donors (Lipinski definition) is 1. The number of ether oxygens (including phenoxy) is 1. The Labute approximate surface area is 145 Å². The van der Waals surface area contributed by atoms with E-state index >= 15 is 0 Å². The van der Waals surface area contributed by atoms with Crippen LogP contribution in [-0.4, -0.2) is 37.8 Å². The van der Waals surface area contributed by atoms with Gasteiger partial charge in [-0.2, -0.15) is 4.98 Å². The average molecular weight is 351 g/mol. The number of nitrogens with zero attached hydrogens (tertiary/aromatic N) is 4. The number of nitrogens with one attached hydrogen (secondary N) is 1. The van der Waals surface area contributed by atoms with Gasteiger partial charge < -0.3 is 10.1 Å². The molecule has 0 aliphatic heterocycles. The molecule has 0 spiro atoms. The van der Waals surface area contributed by atoms with E-state index in [1.807, 2.05) is 26.8 Å². The molecule has 2 aromatic heterocycles. The van der Waals surface area contributed by atoms with E-state index in [-0.39, 0.29) is 25.0 Å². The Morgan fingerprint density at radius 3 is 2.68 bits per heavy atom. The van der Waals surface area contributed by atoms with Crippen molar-refractivity contribution in [2.24, 2.45) is 0 Å². The van der Waals surface area contributed by atoms with Gasteiger partial charge in [-0.05, 0) is 33.6 Å². The standard InChI is InChI=1S/C17H23F2N5O/c1-11(2)25-15-6-9-24(23-15)16-20-12(3)10-14(22-16)21-13-4-7-17(18,19)8-5-13/h6,9-11,13H,4-5,7-8H2,1-3H3,(H,20,21,22). The minimum atomic E-state index is -2.53. The second-order valence-electron chi connectivity index (χ2n) is 6.73. The van der Waals surface area contributed by atoms with Gasteiger partial charge in [0.25, 0.3) is 5.95 Å². The molecule has 3 rings (SSSR count). The lowest BCUT2D eigenvalue weighted by molar-refractivity contribution is -0.0361. The number of alkyl halides is 2. The third kappa shape index (κ3) is 4.64. The lowest BCUT2D eigenvalue weighted by atomic mass is 9.92. The number of halogens is 2. The molecule has 0 bridgehead atoms. The summed E-state index contributed by atoms with van der Waals surface area (Å²) in [5, 5.41) is 7.56. The van der Waals surface area contributed by atoms with Crippen molar-refractivity contribution in [3.8, 4) is 11.8 Å². The monoisotopic (exact) mass is 351 g/mol. The first kappa shape index (κ1) is 17.6. The molecule has 2 heterocycles. The van der Waals surface area contributed by atoms with E-state index in [9.17, 15) is 8.78 Å². The molecule has 0 radical (unpaired) electrons. The fourth-order valence-corrected chi connectivity index (χ4v) is 2.85. The van der Waals surface area contributed by atoms with Gasteiger partial charge in [0.05, 0.1) is 6.10 Å². The summed E-state index contributed by atoms with van der Waals surface area (Å²) in [6, 6.07) is 3.56. The Hall–Kier alpha value is -2.25. The lowest BCUT2D eigenvalue weighted by Gasteiger charge is -2.29. The predicted octanol–water partition coefficient (Wildman–Crippen LogP) is 3.75. The normalized spacial score (nSPS) is 17.7. The third-order valence-electron chi connectivity index (χ3n) is 4.04. The van der Waals surface area contributed by atoms with Crippen molar-refractivity contribution in [3.05, 3.63) is 24.0 Å². The van der Waals surface area contributed by atoms with Crippen LogP contribution in [0.3, 0.4) is 0 Å². The van der Waals surface area contributed by atoms with Crippen LogP contribution in [0, 0.1) is 6.92 Å². The van der Waals surface area contributed by atoms with E-state index in [0.29, 0.717) is 30.5 Å². The summed E-state index contributed by atoms with van der Waals surface area (Å²) < 4.78 is 33.7. The maximum absolute atomic E-state index is 13.3. The summed E-state index contributed by atoms with van der Waals surface area (Å²) in [7, 11) is 0. The topological polar surface area (TPSA) is 64.9 Å². The maximum Gasteiger partial charge on any atom is 0.252 e. The van der Waals surface area contributed by atoms with Crippen molar-refractivity contribution in [3.63, 3.8) is 0 Å². The van der Waals surface area contributed by atoms with Crippen molar-refractivity contribution >= 4 is 5.82 Å². The third-order valence-corrected chi connectivity index (χ3v) is 4.04. The zero-order chi connectivity index (χ0) is 18.0. The van der Waals surface area contributed by atoms with Gasteiger partial charge >= 0.3 is 0 Å². The predicted molar refractivity (Wildman–Crippen MR) is 90.5 cm³/mol. The van der Waals surface area contributed by atoms with E-state index in [4.69, 9.17) is 4.74 Å². The number of aromatic nitrogens is 4. The van der Waals surface area contributed by atoms with Crippen molar-refractivity contribution in [2.45, 2.75) is 64.5 Å². The molecule has 0 aromatic carbocycles. The second kappa shape index (κ2) is 6.93. The van der Waals surface area contributed by atoms with E-state index < -0.39 is 5.92 Å². The van der Waals surface area contributed by atoms with Crippen LogP contribution in [0.1, 0.15) is 45.2 Å². The van der Waals surface area contributed by atoms with Crippen LogP contribution in [-0.2, 0) is 0 Å². The zero-order valence-corrected chi connectivity index (χ0v) is 14.7. The van der Waals surface area contributed by atoms with Gasteiger partial charge in [0.2, 0.25) is 11.8 Å². The fraction of sp³-hybridized carbons (Fsp3) is 0.588. The van der Waals surface area contributed by atoms with Crippen LogP contribution in [0.5, 0.6) is 5.88 Å². The molecule has 1 fully saturated rings. The van der Waals surface area contributed by atoms with Crippen LogP contribution < -0.4 is 10.1 Å². The summed E-state index contributed by atoms with van der Waals surface area (Å²) in [6.07, 6.45) is 2.45. The Kier molecular flexibility index (Phi) is 4.87. The average Bonchev–Trinajstić information content (AvgIpc) is 2.97. The molecule has 0 saturated heterocycles. The minimum absolute atomic E-state index is 0.000711. The SMILES string of the molecule is Cc1cc(NC2CCC(F)(F)CC2)nc(-n2ccc(OC(C)C)n2)n1. The van der Waals surface area contributed by atoms with Crippen molar-refractivity contribution < 1.29 is 13.5 Å². The quantitative estimate of drug-likeness (QED) is 0.889. The van der Waals surface area contributed by atoms with Gasteiger partial charge in [-0.3, -0.25) is 0 Å². The van der Waals surface area contributed by atoms with Gasteiger partial charge in [0, 0.05) is 42.9 Å². The van der Waals surface area contributed by atoms with Crippen molar-refractivity contribution in [2.75, 3.05) is 5.32 Å². The van der Waals surface area contributed by atoms with Crippen molar-refractivity contribution in [1.82, 2.24) is 19.7 Å². The summed E-state index contributed by atoms with van der Waals surface area (Å²) in [6.45, 7) is 5.72. The molecule has 1 saturated carbocycles. The fourth-order valence-electron chi connectivity index (χ4n) is 2.85. The van der Waals surface area contributed by atoms with E-state index in [0.717, 1.165) is 5.69 Å². The van der Waals surface area contributed by atoms with Gasteiger partial charge in [-0.1, -0.05) is 0 Å². The molecule has 0 atom stereocenters. The minimum Gasteiger partial charge on any atom is -0.474 e. The number of anilines is 1. The number of rotatable bonds is 5. The van der Waals surface area contributed by atoms with E-state index in [1.165, 1.54) is 0 Å². The first-order chi connectivity index (χ1) is 11.8. The van der Waals surface area contributed by atoms with Gasteiger partial charge in [0.1, 0.15) is 5.82 Å². The van der Waals surface area contributed by atoms with Gasteiger partial charge in [-0.25, -0.2) is 18.4 Å². The first-order valence-electron chi connectivity index (χ1n) is 8.53. The lowest BCUT2D eigenvalue weighted by Crippen LogP contribution is -2.32. The molecule has 136 valence electrons. The Bertz CT molecular complexity index is 722. The zero-order valence-electron chi connectivity index (χ0n) is 14.7. The smallest absolute Gasteiger partial charge is 0.252 e. The Balaban J connectivity index is 1.73. The molecule has 2 aromatic rings. The largest absolute Gasteiger partial charge is 0.474 e. The summed E-state index contributed by atoms with van der Waals surface area (Å²) >= 11 is 0. The summed E-state index contributed by atoms with van der Waals surface area (Å²) in [4.78, 5) is 8.85. The van der Waals surface area contributed by atoms with Gasteiger partial charge in [0.15, 0.2) is 0 Å². The molecular formula is C17H23F2N5O.